The molecule has 38 heavy (non-hydrogen) atoms. The lowest BCUT2D eigenvalue weighted by Crippen LogP contribution is -2.51. The number of benzene rings is 2. The van der Waals surface area contributed by atoms with Crippen molar-refractivity contribution < 1.29 is 27.9 Å². The van der Waals surface area contributed by atoms with Gasteiger partial charge in [-0.05, 0) is 54.4 Å². The quantitative estimate of drug-likeness (QED) is 0.288. The normalized spacial score (nSPS) is 19.0. The summed E-state index contributed by atoms with van der Waals surface area (Å²) < 4.78 is 40.9. The zero-order valence-corrected chi connectivity index (χ0v) is 23.6. The SMILES string of the molecule is CC(C)(C)C.CC(CNCc1ccc(Cl)c(F)c1NC=O)c1cccc(F)c1F.CC1(O)CC(NC=O)C1. The molecule has 1 fully saturated rings. The maximum absolute atomic E-state index is 13.9. The Labute approximate surface area is 228 Å². The fourth-order valence-electron chi connectivity index (χ4n) is 3.60. The average Bonchev–Trinajstić information content (AvgIpc) is 2.78. The fourth-order valence-corrected chi connectivity index (χ4v) is 3.76. The van der Waals surface area contributed by atoms with Crippen LogP contribution in [0.2, 0.25) is 5.02 Å². The van der Waals surface area contributed by atoms with Crippen molar-refractivity contribution in [2.45, 2.75) is 78.5 Å². The van der Waals surface area contributed by atoms with Crippen molar-refractivity contribution in [1.82, 2.24) is 10.6 Å². The van der Waals surface area contributed by atoms with Gasteiger partial charge in [0.2, 0.25) is 12.8 Å². The molecular formula is C28H39ClF3N3O3. The second kappa shape index (κ2) is 15.1. The minimum absolute atomic E-state index is 0.00501. The second-order valence-corrected chi connectivity index (χ2v) is 11.6. The van der Waals surface area contributed by atoms with Gasteiger partial charge in [0.05, 0.1) is 16.3 Å². The summed E-state index contributed by atoms with van der Waals surface area (Å²) in [5.74, 6) is -2.77. The number of rotatable bonds is 9. The van der Waals surface area contributed by atoms with E-state index in [4.69, 9.17) is 16.7 Å². The van der Waals surface area contributed by atoms with Crippen molar-refractivity contribution in [2.24, 2.45) is 5.41 Å². The number of halogens is 4. The first kappa shape index (κ1) is 33.4. The first-order valence-corrected chi connectivity index (χ1v) is 12.7. The largest absolute Gasteiger partial charge is 0.390 e. The Kier molecular flexibility index (Phi) is 13.3. The van der Waals surface area contributed by atoms with Crippen molar-refractivity contribution in [1.29, 1.82) is 0 Å². The van der Waals surface area contributed by atoms with Crippen LogP contribution in [0.15, 0.2) is 30.3 Å². The maximum Gasteiger partial charge on any atom is 0.211 e. The number of carbonyl (C=O) groups excluding carboxylic acids is 2. The second-order valence-electron chi connectivity index (χ2n) is 11.2. The number of nitrogens with one attached hydrogen (secondary N) is 3. The van der Waals surface area contributed by atoms with Crippen LogP contribution in [-0.2, 0) is 16.1 Å². The molecular weight excluding hydrogens is 519 g/mol. The van der Waals surface area contributed by atoms with Crippen LogP contribution in [0, 0.1) is 22.9 Å². The molecule has 1 unspecified atom stereocenters. The molecule has 2 amide bonds. The van der Waals surface area contributed by atoms with Crippen molar-refractivity contribution >= 4 is 30.1 Å². The highest BCUT2D eigenvalue weighted by atomic mass is 35.5. The first-order valence-electron chi connectivity index (χ1n) is 12.3. The summed E-state index contributed by atoms with van der Waals surface area (Å²) in [5, 5.41) is 17.0. The minimum Gasteiger partial charge on any atom is -0.390 e. The van der Waals surface area contributed by atoms with E-state index in [1.807, 2.05) is 0 Å². The number of amides is 2. The molecule has 1 atom stereocenters. The Bertz CT molecular complexity index is 1050. The third-order valence-corrected chi connectivity index (χ3v) is 5.63. The van der Waals surface area contributed by atoms with E-state index in [2.05, 4.69) is 43.6 Å². The molecule has 10 heteroatoms. The van der Waals surface area contributed by atoms with Gasteiger partial charge in [-0.25, -0.2) is 13.2 Å². The summed E-state index contributed by atoms with van der Waals surface area (Å²) >= 11 is 5.69. The molecule has 0 aromatic heterocycles. The van der Waals surface area contributed by atoms with Gasteiger partial charge in [-0.2, -0.15) is 0 Å². The molecule has 0 heterocycles. The van der Waals surface area contributed by atoms with E-state index in [-0.39, 0.29) is 34.8 Å². The van der Waals surface area contributed by atoms with Gasteiger partial charge in [0, 0.05) is 19.1 Å². The fraction of sp³-hybridized carbons (Fsp3) is 0.500. The molecule has 2 aromatic rings. The van der Waals surface area contributed by atoms with Crippen LogP contribution in [0.4, 0.5) is 18.9 Å². The van der Waals surface area contributed by atoms with Gasteiger partial charge in [0.15, 0.2) is 17.5 Å². The highest BCUT2D eigenvalue weighted by Crippen LogP contribution is 2.30. The summed E-state index contributed by atoms with van der Waals surface area (Å²) in [6.45, 7) is 12.8. The van der Waals surface area contributed by atoms with Gasteiger partial charge in [-0.1, -0.05) is 64.4 Å². The number of hydrogen-bond acceptors (Lipinski definition) is 4. The molecule has 0 radical (unpaired) electrons. The van der Waals surface area contributed by atoms with Crippen LogP contribution in [0.25, 0.3) is 0 Å². The summed E-state index contributed by atoms with van der Waals surface area (Å²) in [5.41, 5.74) is 0.724. The van der Waals surface area contributed by atoms with Crippen LogP contribution < -0.4 is 16.0 Å². The van der Waals surface area contributed by atoms with Crippen molar-refractivity contribution in [3.63, 3.8) is 0 Å². The summed E-state index contributed by atoms with van der Waals surface area (Å²) in [4.78, 5) is 20.4. The van der Waals surface area contributed by atoms with E-state index in [1.165, 1.54) is 18.2 Å². The van der Waals surface area contributed by atoms with Gasteiger partial charge in [0.1, 0.15) is 0 Å². The van der Waals surface area contributed by atoms with Crippen LogP contribution in [0.3, 0.4) is 0 Å². The number of anilines is 1. The third-order valence-electron chi connectivity index (χ3n) is 5.34. The molecule has 6 nitrogen and oxygen atoms in total. The minimum atomic E-state index is -0.892. The average molecular weight is 558 g/mol. The van der Waals surface area contributed by atoms with Crippen LogP contribution in [0.5, 0.6) is 0 Å². The zero-order chi connectivity index (χ0) is 29.1. The van der Waals surface area contributed by atoms with E-state index >= 15 is 0 Å². The maximum atomic E-state index is 13.9. The standard InChI is InChI=1S/C17H16ClF3N2O.C6H11NO2.C5H12/c1-10(12-3-2-4-14(19)15(12)20)7-22-8-11-5-6-13(18)16(21)17(11)23-9-24;1-6(9)2-5(3-6)7-4-8;1-5(2,3)4/h2-6,9-10,22H,7-8H2,1H3,(H,23,24);4-5,9H,2-3H2,1H3,(H,7,8);1-4H3. The highest BCUT2D eigenvalue weighted by molar-refractivity contribution is 6.31. The molecule has 0 aliphatic heterocycles. The Morgan fingerprint density at radius 3 is 2.21 bits per heavy atom. The number of aliphatic hydroxyl groups is 1. The molecule has 3 rings (SSSR count). The molecule has 0 bridgehead atoms. The molecule has 2 aromatic carbocycles. The Morgan fingerprint density at radius 1 is 1.08 bits per heavy atom. The summed E-state index contributed by atoms with van der Waals surface area (Å²) in [6.07, 6.45) is 2.42. The van der Waals surface area contributed by atoms with E-state index in [9.17, 15) is 22.8 Å². The molecule has 1 aliphatic carbocycles. The van der Waals surface area contributed by atoms with Crippen molar-refractivity contribution in [2.75, 3.05) is 11.9 Å². The Balaban J connectivity index is 0.000000421. The molecule has 0 saturated heterocycles. The van der Waals surface area contributed by atoms with E-state index in [0.717, 1.165) is 6.07 Å². The van der Waals surface area contributed by atoms with Gasteiger partial charge < -0.3 is 21.1 Å². The lowest BCUT2D eigenvalue weighted by molar-refractivity contribution is -0.113. The Morgan fingerprint density at radius 2 is 1.68 bits per heavy atom. The lowest BCUT2D eigenvalue weighted by atomic mass is 9.77. The third kappa shape index (κ3) is 11.8. The first-order chi connectivity index (χ1) is 17.6. The number of carbonyl (C=O) groups is 2. The molecule has 1 aliphatic rings. The van der Waals surface area contributed by atoms with Gasteiger partial charge >= 0.3 is 0 Å². The molecule has 4 N–H and O–H groups in total. The summed E-state index contributed by atoms with van der Waals surface area (Å²) in [6, 6.07) is 7.21. The van der Waals surface area contributed by atoms with Crippen LogP contribution in [0.1, 0.15) is 71.4 Å². The monoisotopic (exact) mass is 557 g/mol. The van der Waals surface area contributed by atoms with Crippen molar-refractivity contribution in [3.05, 3.63) is 63.9 Å². The molecule has 0 spiro atoms. The highest BCUT2D eigenvalue weighted by Gasteiger charge is 2.37. The Hall–Kier alpha value is -2.62. The van der Waals surface area contributed by atoms with Crippen molar-refractivity contribution in [3.8, 4) is 0 Å². The van der Waals surface area contributed by atoms with E-state index in [0.29, 0.717) is 43.2 Å². The summed E-state index contributed by atoms with van der Waals surface area (Å²) in [7, 11) is 0. The van der Waals surface area contributed by atoms with E-state index < -0.39 is 23.1 Å². The van der Waals surface area contributed by atoms with Crippen LogP contribution >= 0.6 is 11.6 Å². The predicted octanol–water partition coefficient (Wildman–Crippen LogP) is 5.92. The van der Waals surface area contributed by atoms with Gasteiger partial charge in [0.25, 0.3) is 0 Å². The van der Waals surface area contributed by atoms with Gasteiger partial charge in [-0.15, -0.1) is 0 Å². The predicted molar refractivity (Wildman–Crippen MR) is 146 cm³/mol. The smallest absolute Gasteiger partial charge is 0.211 e. The molecule has 212 valence electrons. The van der Waals surface area contributed by atoms with Gasteiger partial charge in [-0.3, -0.25) is 9.59 Å². The topological polar surface area (TPSA) is 90.5 Å². The lowest BCUT2D eigenvalue weighted by Gasteiger charge is -2.40. The van der Waals surface area contributed by atoms with Crippen LogP contribution in [-0.4, -0.2) is 36.1 Å². The number of hydrogen-bond donors (Lipinski definition) is 4. The van der Waals surface area contributed by atoms with E-state index in [1.54, 1.807) is 19.9 Å². The molecule has 1 saturated carbocycles. The zero-order valence-electron chi connectivity index (χ0n) is 22.8.